The summed E-state index contributed by atoms with van der Waals surface area (Å²) in [5.41, 5.74) is -0.565. The van der Waals surface area contributed by atoms with Gasteiger partial charge in [-0.25, -0.2) is 5.01 Å². The Hall–Kier alpha value is -4.08. The van der Waals surface area contributed by atoms with Gasteiger partial charge in [-0.15, -0.1) is 0 Å². The molecule has 10 heteroatoms. The van der Waals surface area contributed by atoms with Gasteiger partial charge >= 0.3 is 0 Å². The molecule has 0 radical (unpaired) electrons. The van der Waals surface area contributed by atoms with E-state index in [-0.39, 0.29) is 17.0 Å². The van der Waals surface area contributed by atoms with E-state index in [0.29, 0.717) is 18.6 Å². The molecule has 2 aliphatic rings. The van der Waals surface area contributed by atoms with Gasteiger partial charge in [0.15, 0.2) is 5.78 Å². The summed E-state index contributed by atoms with van der Waals surface area (Å²) >= 11 is 0. The number of benzene rings is 2. The van der Waals surface area contributed by atoms with E-state index in [2.05, 4.69) is 0 Å². The van der Waals surface area contributed by atoms with Gasteiger partial charge in [0.2, 0.25) is 0 Å². The van der Waals surface area contributed by atoms with Gasteiger partial charge < -0.3 is 4.74 Å². The number of methoxy groups -OCH3 is 1. The average molecular weight is 479 g/mol. The Bertz CT molecular complexity index is 1190. The van der Waals surface area contributed by atoms with E-state index in [1.165, 1.54) is 37.4 Å². The second-order valence-corrected chi connectivity index (χ2v) is 8.91. The zero-order chi connectivity index (χ0) is 25.3. The molecule has 0 bridgehead atoms. The molecule has 1 aliphatic heterocycles. The predicted molar refractivity (Wildman–Crippen MR) is 123 cm³/mol. The summed E-state index contributed by atoms with van der Waals surface area (Å²) in [6, 6.07) is 11.4. The summed E-state index contributed by atoms with van der Waals surface area (Å²) < 4.78 is 5.10. The van der Waals surface area contributed by atoms with Crippen LogP contribution in [0.1, 0.15) is 46.9 Å². The minimum Gasteiger partial charge on any atom is -0.497 e. The molecule has 35 heavy (non-hydrogen) atoms. The van der Waals surface area contributed by atoms with Gasteiger partial charge in [0.1, 0.15) is 17.9 Å². The fourth-order valence-corrected chi connectivity index (χ4v) is 4.80. The number of ether oxygens (including phenoxy) is 1. The number of nitro benzene ring substituents is 1. The highest BCUT2D eigenvalue weighted by Gasteiger charge is 2.53. The van der Waals surface area contributed by atoms with E-state index in [1.807, 2.05) is 6.92 Å². The molecule has 10 nitrogen and oxygen atoms in total. The van der Waals surface area contributed by atoms with E-state index in [9.17, 15) is 29.3 Å². The van der Waals surface area contributed by atoms with Crippen LogP contribution in [0.5, 0.6) is 5.75 Å². The molecule has 1 saturated carbocycles. The first-order valence-corrected chi connectivity index (χ1v) is 11.3. The van der Waals surface area contributed by atoms with Crippen molar-refractivity contribution in [3.05, 3.63) is 69.8 Å². The number of para-hydroxylation sites is 1. The molecule has 0 unspecified atom stereocenters. The monoisotopic (exact) mass is 479 g/mol. The van der Waals surface area contributed by atoms with Gasteiger partial charge in [0.25, 0.3) is 23.4 Å². The minimum atomic E-state index is -0.965. The van der Waals surface area contributed by atoms with Crippen LogP contribution in [-0.4, -0.2) is 52.1 Å². The normalized spacial score (nSPS) is 21.4. The summed E-state index contributed by atoms with van der Waals surface area (Å²) in [5, 5.41) is 13.1. The topological polar surface area (TPSA) is 127 Å². The van der Waals surface area contributed by atoms with Gasteiger partial charge in [-0.3, -0.25) is 29.3 Å². The Morgan fingerprint density at radius 1 is 1.06 bits per heavy atom. The van der Waals surface area contributed by atoms with Crippen LogP contribution < -0.4 is 4.74 Å². The molecule has 2 fully saturated rings. The summed E-state index contributed by atoms with van der Waals surface area (Å²) in [6.07, 6.45) is 1.79. The molecule has 0 N–H and O–H groups in total. The maximum atomic E-state index is 13.6. The summed E-state index contributed by atoms with van der Waals surface area (Å²) in [5.74, 6) is -3.00. The first-order valence-electron chi connectivity index (χ1n) is 11.3. The van der Waals surface area contributed by atoms with Crippen LogP contribution in [-0.2, 0) is 9.59 Å². The lowest BCUT2D eigenvalue weighted by Gasteiger charge is -2.30. The Balaban J connectivity index is 1.73. The number of nitrogens with zero attached hydrogens (tertiary/aromatic N) is 3. The number of fused-ring (bicyclic) bond motifs is 1. The molecule has 2 aromatic carbocycles. The van der Waals surface area contributed by atoms with E-state index in [4.69, 9.17) is 4.74 Å². The number of amides is 3. The Morgan fingerprint density at radius 2 is 1.71 bits per heavy atom. The van der Waals surface area contributed by atoms with Crippen molar-refractivity contribution < 1.29 is 28.8 Å². The zero-order valence-electron chi connectivity index (χ0n) is 19.4. The number of imide groups is 1. The standard InChI is InChI=1S/C25H25N3O7/c1-15-7-12-18-20(13-15)25(32)27(24(18)31)26(14-22(29)16-8-10-17(35-2)11-9-16)23(30)19-5-3-4-6-21(19)28(33)34/h3-6,8-11,15,18,20H,7,12-14H2,1-2H3/t15-,18+,20+/m0/s1. The number of hydrogen-bond acceptors (Lipinski definition) is 7. The van der Waals surface area contributed by atoms with E-state index >= 15 is 0 Å². The largest absolute Gasteiger partial charge is 0.497 e. The number of ketones is 1. The first kappa shape index (κ1) is 24.1. The number of nitro groups is 1. The molecular formula is C25H25N3O7. The molecule has 1 aliphatic carbocycles. The number of carbonyl (C=O) groups excluding carboxylic acids is 4. The maximum Gasteiger partial charge on any atom is 0.282 e. The number of hydrogen-bond donors (Lipinski definition) is 0. The fourth-order valence-electron chi connectivity index (χ4n) is 4.80. The molecule has 182 valence electrons. The SMILES string of the molecule is COc1ccc(C(=O)CN(C(=O)c2ccccc2[N+](=O)[O-])N2C(=O)[C@@H]3CC[C@H](C)C[C@H]3C2=O)cc1. The van der Waals surface area contributed by atoms with Crippen LogP contribution in [0, 0.1) is 27.9 Å². The third kappa shape index (κ3) is 4.51. The van der Waals surface area contributed by atoms with Crippen molar-refractivity contribution in [1.82, 2.24) is 10.0 Å². The maximum absolute atomic E-state index is 13.6. The lowest BCUT2D eigenvalue weighted by atomic mass is 9.76. The number of Topliss-reactive ketones (excluding diaryl/α,β-unsaturated/α-hetero) is 1. The lowest BCUT2D eigenvalue weighted by Crippen LogP contribution is -2.52. The van der Waals surface area contributed by atoms with Crippen LogP contribution in [0.25, 0.3) is 0 Å². The Kier molecular flexibility index (Phi) is 6.63. The highest BCUT2D eigenvalue weighted by atomic mass is 16.6. The smallest absolute Gasteiger partial charge is 0.282 e. The molecule has 0 spiro atoms. The second kappa shape index (κ2) is 9.65. The van der Waals surface area contributed by atoms with Crippen LogP contribution in [0.3, 0.4) is 0 Å². The Morgan fingerprint density at radius 3 is 2.37 bits per heavy atom. The lowest BCUT2D eigenvalue weighted by molar-refractivity contribution is -0.385. The van der Waals surface area contributed by atoms with E-state index in [0.717, 1.165) is 22.5 Å². The number of rotatable bonds is 7. The van der Waals surface area contributed by atoms with Crippen molar-refractivity contribution in [3.63, 3.8) is 0 Å². The quantitative estimate of drug-likeness (QED) is 0.258. The number of hydrazine groups is 1. The van der Waals surface area contributed by atoms with Crippen LogP contribution in [0.4, 0.5) is 5.69 Å². The summed E-state index contributed by atoms with van der Waals surface area (Å²) in [7, 11) is 1.48. The molecule has 3 amide bonds. The third-order valence-corrected chi connectivity index (χ3v) is 6.68. The van der Waals surface area contributed by atoms with Gasteiger partial charge in [-0.05, 0) is 55.5 Å². The van der Waals surface area contributed by atoms with Crippen molar-refractivity contribution in [2.75, 3.05) is 13.7 Å². The van der Waals surface area contributed by atoms with Crippen molar-refractivity contribution in [1.29, 1.82) is 0 Å². The predicted octanol–water partition coefficient (Wildman–Crippen LogP) is 3.26. The zero-order valence-corrected chi connectivity index (χ0v) is 19.4. The van der Waals surface area contributed by atoms with Gasteiger partial charge in [-0.2, -0.15) is 5.01 Å². The van der Waals surface area contributed by atoms with Crippen molar-refractivity contribution in [2.24, 2.45) is 17.8 Å². The van der Waals surface area contributed by atoms with Crippen LogP contribution in [0.15, 0.2) is 48.5 Å². The van der Waals surface area contributed by atoms with Crippen molar-refractivity contribution in [3.8, 4) is 5.75 Å². The second-order valence-electron chi connectivity index (χ2n) is 8.91. The molecule has 1 saturated heterocycles. The molecule has 2 aromatic rings. The molecular weight excluding hydrogens is 454 g/mol. The Labute approximate surface area is 201 Å². The molecule has 0 aromatic heterocycles. The van der Waals surface area contributed by atoms with Crippen LogP contribution >= 0.6 is 0 Å². The highest BCUT2D eigenvalue weighted by molar-refractivity contribution is 6.10. The van der Waals surface area contributed by atoms with Crippen LogP contribution in [0.2, 0.25) is 0 Å². The average Bonchev–Trinajstić information content (AvgIpc) is 3.10. The van der Waals surface area contributed by atoms with Crippen molar-refractivity contribution >= 4 is 29.2 Å². The minimum absolute atomic E-state index is 0.233. The first-order chi connectivity index (χ1) is 16.7. The van der Waals surface area contributed by atoms with Crippen molar-refractivity contribution in [2.45, 2.75) is 26.2 Å². The molecule has 1 heterocycles. The highest BCUT2D eigenvalue weighted by Crippen LogP contribution is 2.41. The molecule has 4 rings (SSSR count). The molecule has 3 atom stereocenters. The fraction of sp³-hybridized carbons (Fsp3) is 0.360. The van der Waals surface area contributed by atoms with Gasteiger partial charge in [0.05, 0.1) is 23.9 Å². The third-order valence-electron chi connectivity index (χ3n) is 6.68. The number of carbonyl (C=O) groups is 4. The van der Waals surface area contributed by atoms with E-state index in [1.54, 1.807) is 12.1 Å². The summed E-state index contributed by atoms with van der Waals surface area (Å²) in [6.45, 7) is 1.36. The van der Waals surface area contributed by atoms with Gasteiger partial charge in [-0.1, -0.05) is 19.1 Å². The van der Waals surface area contributed by atoms with E-state index < -0.39 is 52.5 Å². The van der Waals surface area contributed by atoms with Gasteiger partial charge in [0, 0.05) is 11.6 Å². The summed E-state index contributed by atoms with van der Waals surface area (Å²) in [4.78, 5) is 64.2.